The van der Waals surface area contributed by atoms with E-state index in [1.165, 1.54) is 10.9 Å². The maximum absolute atomic E-state index is 13.0. The van der Waals surface area contributed by atoms with Crippen LogP contribution in [0.5, 0.6) is 0 Å². The Balaban J connectivity index is 1.32. The summed E-state index contributed by atoms with van der Waals surface area (Å²) < 4.78 is 13.5. The lowest BCUT2D eigenvalue weighted by molar-refractivity contribution is -0.202. The molecule has 5 rings (SSSR count). The van der Waals surface area contributed by atoms with Gasteiger partial charge in [-0.2, -0.15) is 0 Å². The van der Waals surface area contributed by atoms with Crippen molar-refractivity contribution in [3.63, 3.8) is 0 Å². The number of benzene rings is 2. The van der Waals surface area contributed by atoms with Crippen molar-refractivity contribution in [2.24, 2.45) is 0 Å². The molecule has 0 aliphatic carbocycles. The number of nitrogens with zero attached hydrogens (tertiary/aromatic N) is 3. The fourth-order valence-electron chi connectivity index (χ4n) is 4.72. The predicted octanol–water partition coefficient (Wildman–Crippen LogP) is 4.09. The van der Waals surface area contributed by atoms with E-state index in [1.54, 1.807) is 17.0 Å². The molecule has 3 aromatic rings. The Bertz CT molecular complexity index is 1290. The van der Waals surface area contributed by atoms with Crippen LogP contribution < -0.4 is 5.56 Å². The van der Waals surface area contributed by atoms with Crippen molar-refractivity contribution in [3.8, 4) is 0 Å². The van der Waals surface area contributed by atoms with Crippen LogP contribution in [0.4, 0.5) is 4.79 Å². The van der Waals surface area contributed by atoms with Crippen molar-refractivity contribution in [2.75, 3.05) is 6.54 Å². The van der Waals surface area contributed by atoms with Crippen molar-refractivity contribution in [1.82, 2.24) is 14.5 Å². The molecule has 2 aromatic carbocycles. The van der Waals surface area contributed by atoms with Crippen molar-refractivity contribution in [1.29, 1.82) is 0 Å². The van der Waals surface area contributed by atoms with Crippen molar-refractivity contribution < 1.29 is 19.4 Å². The number of aliphatic hydroxyl groups is 1. The van der Waals surface area contributed by atoms with E-state index in [4.69, 9.17) is 21.1 Å². The predicted molar refractivity (Wildman–Crippen MR) is 130 cm³/mol. The van der Waals surface area contributed by atoms with Crippen molar-refractivity contribution >= 4 is 44.5 Å². The second-order valence-electron chi connectivity index (χ2n) is 8.71. The van der Waals surface area contributed by atoms with Gasteiger partial charge >= 0.3 is 6.09 Å². The van der Waals surface area contributed by atoms with Crippen LogP contribution in [0.3, 0.4) is 0 Å². The molecule has 2 fully saturated rings. The van der Waals surface area contributed by atoms with Crippen LogP contribution in [0, 0.1) is 0 Å². The molecule has 1 aromatic heterocycles. The van der Waals surface area contributed by atoms with Gasteiger partial charge < -0.3 is 19.5 Å². The highest BCUT2D eigenvalue weighted by atomic mass is 79.9. The van der Waals surface area contributed by atoms with E-state index in [1.807, 2.05) is 30.3 Å². The largest absolute Gasteiger partial charge is 0.445 e. The van der Waals surface area contributed by atoms with E-state index in [2.05, 4.69) is 20.9 Å². The molecule has 1 unspecified atom stereocenters. The summed E-state index contributed by atoms with van der Waals surface area (Å²) in [6.07, 6.45) is 2.24. The van der Waals surface area contributed by atoms with Crippen LogP contribution in [0.25, 0.3) is 10.9 Å². The summed E-state index contributed by atoms with van der Waals surface area (Å²) in [5.74, 6) is -1.62. The minimum absolute atomic E-state index is 0.109. The first-order valence-corrected chi connectivity index (χ1v) is 12.2. The fourth-order valence-corrected chi connectivity index (χ4v) is 5.22. The minimum atomic E-state index is -1.62. The summed E-state index contributed by atoms with van der Waals surface area (Å²) in [4.78, 5) is 31.8. The van der Waals surface area contributed by atoms with E-state index in [0.717, 1.165) is 12.0 Å². The molecular weight excluding hydrogens is 526 g/mol. The second-order valence-corrected chi connectivity index (χ2v) is 9.97. The van der Waals surface area contributed by atoms with E-state index in [9.17, 15) is 14.7 Å². The normalized spacial score (nSPS) is 24.3. The first-order chi connectivity index (χ1) is 16.3. The zero-order valence-electron chi connectivity index (χ0n) is 18.2. The molecule has 34 heavy (non-hydrogen) atoms. The highest BCUT2D eigenvalue weighted by Gasteiger charge is 2.50. The average Bonchev–Trinajstić information content (AvgIpc) is 3.17. The molecule has 3 heterocycles. The van der Waals surface area contributed by atoms with Gasteiger partial charge in [-0.15, -0.1) is 0 Å². The molecule has 3 atom stereocenters. The minimum Gasteiger partial charge on any atom is -0.445 e. The zero-order valence-corrected chi connectivity index (χ0v) is 20.5. The maximum atomic E-state index is 13.0. The van der Waals surface area contributed by atoms with E-state index >= 15 is 0 Å². The lowest BCUT2D eigenvalue weighted by Crippen LogP contribution is -2.49. The molecule has 0 radical (unpaired) electrons. The SMILES string of the molecule is O=C(OCc1ccccc1)N1CCC[C@H]2OC(O)(Cn3cnc4cc(Br)c(Cl)cc4c3=O)C[C@H]21. The molecule has 1 amide bonds. The summed E-state index contributed by atoms with van der Waals surface area (Å²) in [5.41, 5.74) is 1.07. The Hall–Kier alpha value is -2.46. The molecule has 0 bridgehead atoms. The topological polar surface area (TPSA) is 93.9 Å². The number of piperidine rings is 1. The van der Waals surface area contributed by atoms with E-state index in [-0.39, 0.29) is 37.3 Å². The Morgan fingerprint density at radius 3 is 2.91 bits per heavy atom. The Morgan fingerprint density at radius 1 is 1.32 bits per heavy atom. The number of rotatable bonds is 4. The number of carbonyl (C=O) groups is 1. The molecule has 2 aliphatic rings. The smallest absolute Gasteiger partial charge is 0.410 e. The summed E-state index contributed by atoms with van der Waals surface area (Å²) >= 11 is 9.49. The van der Waals surface area contributed by atoms with Gasteiger partial charge in [0.2, 0.25) is 0 Å². The van der Waals surface area contributed by atoms with Gasteiger partial charge in [-0.3, -0.25) is 9.36 Å². The van der Waals surface area contributed by atoms with Crippen LogP contribution in [0.2, 0.25) is 5.02 Å². The number of likely N-dealkylation sites (tertiary alicyclic amines) is 1. The second kappa shape index (κ2) is 9.30. The number of hydrogen-bond acceptors (Lipinski definition) is 6. The first-order valence-electron chi connectivity index (χ1n) is 11.0. The molecule has 0 spiro atoms. The van der Waals surface area contributed by atoms with Gasteiger partial charge in [0.25, 0.3) is 5.56 Å². The third-order valence-electron chi connectivity index (χ3n) is 6.34. The van der Waals surface area contributed by atoms with Gasteiger partial charge in [0, 0.05) is 17.4 Å². The molecule has 8 nitrogen and oxygen atoms in total. The summed E-state index contributed by atoms with van der Waals surface area (Å²) in [6.45, 7) is 0.594. The van der Waals surface area contributed by atoms with Gasteiger partial charge in [0.05, 0.1) is 40.9 Å². The highest BCUT2D eigenvalue weighted by Crippen LogP contribution is 2.38. The Kier molecular flexibility index (Phi) is 6.37. The number of fused-ring (bicyclic) bond motifs is 2. The summed E-state index contributed by atoms with van der Waals surface area (Å²) in [6, 6.07) is 12.4. The summed E-state index contributed by atoms with van der Waals surface area (Å²) in [7, 11) is 0. The van der Waals surface area contributed by atoms with Crippen LogP contribution in [-0.2, 0) is 22.6 Å². The van der Waals surface area contributed by atoms with Crippen molar-refractivity contribution in [2.45, 2.75) is 50.3 Å². The number of ether oxygens (including phenoxy) is 2. The third kappa shape index (κ3) is 4.57. The van der Waals surface area contributed by atoms with Gasteiger partial charge in [-0.25, -0.2) is 9.78 Å². The fraction of sp³-hybridized carbons (Fsp3) is 0.375. The molecular formula is C24H23BrClN3O5. The molecule has 1 N–H and O–H groups in total. The third-order valence-corrected chi connectivity index (χ3v) is 7.54. The van der Waals surface area contributed by atoms with Crippen LogP contribution in [-0.4, -0.2) is 50.1 Å². The zero-order chi connectivity index (χ0) is 23.9. The average molecular weight is 549 g/mol. The Labute approximate surface area is 209 Å². The number of halogens is 2. The molecule has 0 saturated carbocycles. The summed E-state index contributed by atoms with van der Waals surface area (Å²) in [5, 5.41) is 12.0. The van der Waals surface area contributed by atoms with Crippen LogP contribution >= 0.6 is 27.5 Å². The molecule has 2 aliphatic heterocycles. The standard InChI is InChI=1S/C24H23BrClN3O5/c25-17-10-19-16(9-18(17)26)22(30)28(14-27-19)13-24(32)11-20-21(34-24)7-4-8-29(20)23(31)33-12-15-5-2-1-3-6-15/h1-3,5-6,9-10,14,20-21,32H,4,7-8,11-13H2/t20-,21-,24?/m1/s1. The van der Waals surface area contributed by atoms with E-state index < -0.39 is 11.9 Å². The van der Waals surface area contributed by atoms with E-state index in [0.29, 0.717) is 33.4 Å². The van der Waals surface area contributed by atoms with Crippen LogP contribution in [0.15, 0.2) is 58.1 Å². The van der Waals surface area contributed by atoms with Gasteiger partial charge in [-0.1, -0.05) is 41.9 Å². The maximum Gasteiger partial charge on any atom is 0.410 e. The van der Waals surface area contributed by atoms with Crippen LogP contribution in [0.1, 0.15) is 24.8 Å². The van der Waals surface area contributed by atoms with Gasteiger partial charge in [0.1, 0.15) is 6.61 Å². The van der Waals surface area contributed by atoms with Gasteiger partial charge in [-0.05, 0) is 46.5 Å². The lowest BCUT2D eigenvalue weighted by Gasteiger charge is -2.35. The van der Waals surface area contributed by atoms with Crippen molar-refractivity contribution in [3.05, 3.63) is 74.2 Å². The lowest BCUT2D eigenvalue weighted by atomic mass is 9.97. The molecule has 178 valence electrons. The highest BCUT2D eigenvalue weighted by molar-refractivity contribution is 9.10. The quantitative estimate of drug-likeness (QED) is 0.528. The Morgan fingerprint density at radius 2 is 2.12 bits per heavy atom. The molecule has 10 heteroatoms. The number of aromatic nitrogens is 2. The first kappa shape index (κ1) is 23.3. The number of hydrogen-bond donors (Lipinski definition) is 1. The number of carbonyl (C=O) groups excluding carboxylic acids is 1. The monoisotopic (exact) mass is 547 g/mol. The van der Waals surface area contributed by atoms with Gasteiger partial charge in [0.15, 0.2) is 5.79 Å². The molecule has 2 saturated heterocycles. The number of amides is 1.